The third-order valence-electron chi connectivity index (χ3n) is 5.18. The van der Waals surface area contributed by atoms with Crippen molar-refractivity contribution < 1.29 is 22.7 Å². The molecule has 1 aromatic heterocycles. The first-order chi connectivity index (χ1) is 12.9. The second-order valence-electron chi connectivity index (χ2n) is 7.25. The average Bonchev–Trinajstić information content (AvgIpc) is 3.35. The average molecular weight is 397 g/mol. The smallest absolute Gasteiger partial charge is 0.355 e. The summed E-state index contributed by atoms with van der Waals surface area (Å²) in [6.45, 7) is 2.50. The second-order valence-corrected chi connectivity index (χ2v) is 9.19. The first-order valence-corrected chi connectivity index (χ1v) is 11.0. The quantitative estimate of drug-likeness (QED) is 0.712. The highest BCUT2D eigenvalue weighted by molar-refractivity contribution is 7.89. The van der Waals surface area contributed by atoms with Crippen LogP contribution in [0.25, 0.3) is 0 Å². The molecule has 0 bridgehead atoms. The van der Waals surface area contributed by atoms with Crippen LogP contribution in [0.4, 0.5) is 0 Å². The van der Waals surface area contributed by atoms with E-state index < -0.39 is 22.1 Å². The molecule has 1 aromatic rings. The Labute approximate surface area is 159 Å². The summed E-state index contributed by atoms with van der Waals surface area (Å²) in [6.07, 6.45) is 7.29. The number of rotatable bonds is 6. The molecule has 1 atom stereocenters. The first kappa shape index (κ1) is 19.9. The number of nitrogens with one attached hydrogen (secondary N) is 2. The van der Waals surface area contributed by atoms with E-state index in [9.17, 15) is 18.0 Å². The number of hydrogen-bond donors (Lipinski definition) is 2. The zero-order valence-electron chi connectivity index (χ0n) is 15.6. The highest BCUT2D eigenvalue weighted by Gasteiger charge is 2.29. The molecular formula is C18H27N3O5S. The van der Waals surface area contributed by atoms with Gasteiger partial charge in [0.05, 0.1) is 0 Å². The molecule has 1 unspecified atom stereocenters. The minimum atomic E-state index is -3.60. The number of esters is 1. The highest BCUT2D eigenvalue weighted by atomic mass is 32.2. The molecule has 2 N–H and O–H groups in total. The van der Waals surface area contributed by atoms with E-state index in [1.165, 1.54) is 29.9 Å². The topological polar surface area (TPSA) is 109 Å². The number of ether oxygens (including phenoxy) is 1. The van der Waals surface area contributed by atoms with E-state index in [1.807, 2.05) is 0 Å². The maximum absolute atomic E-state index is 12.5. The number of aromatic nitrogens is 1. The summed E-state index contributed by atoms with van der Waals surface area (Å²) in [5.41, 5.74) is 0.0186. The van der Waals surface area contributed by atoms with Crippen molar-refractivity contribution in [3.05, 3.63) is 18.0 Å². The van der Waals surface area contributed by atoms with Gasteiger partial charge in [0.25, 0.3) is 5.91 Å². The van der Waals surface area contributed by atoms with Crippen LogP contribution in [0.3, 0.4) is 0 Å². The number of carbonyl (C=O) groups is 2. The van der Waals surface area contributed by atoms with Gasteiger partial charge in [-0.1, -0.05) is 19.3 Å². The van der Waals surface area contributed by atoms with Crippen molar-refractivity contribution in [2.24, 2.45) is 0 Å². The minimum absolute atomic E-state index is 0.0186. The maximum Gasteiger partial charge on any atom is 0.355 e. The van der Waals surface area contributed by atoms with Gasteiger partial charge in [-0.25, -0.2) is 13.2 Å². The van der Waals surface area contributed by atoms with Crippen molar-refractivity contribution in [2.45, 2.75) is 68.9 Å². The summed E-state index contributed by atoms with van der Waals surface area (Å²) in [7, 11) is -3.60. The van der Waals surface area contributed by atoms with Crippen molar-refractivity contribution in [3.63, 3.8) is 0 Å². The minimum Gasteiger partial charge on any atom is -0.448 e. The molecule has 8 nitrogen and oxygen atoms in total. The molecule has 2 heterocycles. The van der Waals surface area contributed by atoms with Gasteiger partial charge in [-0.2, -0.15) is 4.31 Å². The van der Waals surface area contributed by atoms with Crippen molar-refractivity contribution in [1.29, 1.82) is 0 Å². The number of aromatic amines is 1. The standard InChI is InChI=1S/C18H27N3O5S/c1-13(17(22)20-14-7-3-2-4-8-14)26-18(23)16-11-15(12-19-16)27(24,25)21-9-5-6-10-21/h11-14,19H,2-10H2,1H3,(H,20,22). The van der Waals surface area contributed by atoms with E-state index in [1.54, 1.807) is 0 Å². The van der Waals surface area contributed by atoms with Gasteiger partial charge in [-0.05, 0) is 38.7 Å². The molecule has 1 aliphatic carbocycles. The third kappa shape index (κ3) is 4.70. The molecule has 27 heavy (non-hydrogen) atoms. The van der Waals surface area contributed by atoms with Crippen LogP contribution in [-0.2, 0) is 19.6 Å². The predicted octanol–water partition coefficient (Wildman–Crippen LogP) is 1.79. The lowest BCUT2D eigenvalue weighted by molar-refractivity contribution is -0.130. The summed E-state index contributed by atoms with van der Waals surface area (Å²) in [6, 6.07) is 1.40. The van der Waals surface area contributed by atoms with Crippen LogP contribution in [-0.4, -0.2) is 54.8 Å². The number of H-pyrrole nitrogens is 1. The zero-order valence-corrected chi connectivity index (χ0v) is 16.4. The number of hydrogen-bond acceptors (Lipinski definition) is 5. The molecule has 150 valence electrons. The van der Waals surface area contributed by atoms with Gasteiger partial charge < -0.3 is 15.0 Å². The van der Waals surface area contributed by atoms with Crippen LogP contribution in [0.1, 0.15) is 62.4 Å². The van der Waals surface area contributed by atoms with E-state index in [0.717, 1.165) is 38.5 Å². The zero-order chi connectivity index (χ0) is 19.4. The summed E-state index contributed by atoms with van der Waals surface area (Å²) < 4.78 is 31.6. The lowest BCUT2D eigenvalue weighted by Gasteiger charge is -2.24. The second kappa shape index (κ2) is 8.43. The Morgan fingerprint density at radius 1 is 1.19 bits per heavy atom. The van der Waals surface area contributed by atoms with Gasteiger partial charge in [0.1, 0.15) is 10.6 Å². The monoisotopic (exact) mass is 397 g/mol. The van der Waals surface area contributed by atoms with Crippen LogP contribution in [0.2, 0.25) is 0 Å². The lowest BCUT2D eigenvalue weighted by atomic mass is 9.95. The van der Waals surface area contributed by atoms with Crippen LogP contribution in [0.15, 0.2) is 17.2 Å². The normalized spacial score (nSPS) is 20.3. The van der Waals surface area contributed by atoms with E-state index in [0.29, 0.717) is 13.1 Å². The van der Waals surface area contributed by atoms with Crippen LogP contribution >= 0.6 is 0 Å². The Bertz CT molecular complexity index is 777. The molecule has 0 aromatic carbocycles. The van der Waals surface area contributed by atoms with Gasteiger partial charge in [-0.3, -0.25) is 4.79 Å². The van der Waals surface area contributed by atoms with Crippen molar-refractivity contribution in [2.75, 3.05) is 13.1 Å². The molecule has 9 heteroatoms. The highest BCUT2D eigenvalue weighted by Crippen LogP contribution is 2.22. The van der Waals surface area contributed by atoms with E-state index in [-0.39, 0.29) is 22.5 Å². The summed E-state index contributed by atoms with van der Waals surface area (Å²) >= 11 is 0. The predicted molar refractivity (Wildman–Crippen MR) is 98.7 cm³/mol. The van der Waals surface area contributed by atoms with Gasteiger partial charge in [0.15, 0.2) is 6.10 Å². The Kier molecular flexibility index (Phi) is 6.21. The molecule has 1 saturated heterocycles. The Morgan fingerprint density at radius 2 is 1.85 bits per heavy atom. The van der Waals surface area contributed by atoms with E-state index in [2.05, 4.69) is 10.3 Å². The molecule has 1 amide bonds. The van der Waals surface area contributed by atoms with E-state index in [4.69, 9.17) is 4.74 Å². The van der Waals surface area contributed by atoms with Gasteiger partial charge in [0.2, 0.25) is 10.0 Å². The maximum atomic E-state index is 12.5. The molecule has 1 saturated carbocycles. The Hall–Kier alpha value is -1.87. The summed E-state index contributed by atoms with van der Waals surface area (Å²) in [4.78, 5) is 27.2. The summed E-state index contributed by atoms with van der Waals surface area (Å²) in [5.74, 6) is -1.07. The lowest BCUT2D eigenvalue weighted by Crippen LogP contribution is -2.42. The van der Waals surface area contributed by atoms with Crippen molar-refractivity contribution >= 4 is 21.9 Å². The van der Waals surface area contributed by atoms with Gasteiger partial charge >= 0.3 is 5.97 Å². The molecule has 2 fully saturated rings. The van der Waals surface area contributed by atoms with Crippen LogP contribution < -0.4 is 5.32 Å². The Balaban J connectivity index is 1.57. The molecule has 2 aliphatic rings. The fraction of sp³-hybridized carbons (Fsp3) is 0.667. The fourth-order valence-electron chi connectivity index (χ4n) is 3.56. The van der Waals surface area contributed by atoms with E-state index >= 15 is 0 Å². The summed E-state index contributed by atoms with van der Waals surface area (Å²) in [5, 5.41) is 2.91. The number of carbonyl (C=O) groups excluding carboxylic acids is 2. The number of nitrogens with zero attached hydrogens (tertiary/aromatic N) is 1. The SMILES string of the molecule is CC(OC(=O)c1cc(S(=O)(=O)N2CCCC2)c[nH]1)C(=O)NC1CCCCC1. The van der Waals surface area contributed by atoms with Crippen LogP contribution in [0, 0.1) is 0 Å². The van der Waals surface area contributed by atoms with Gasteiger partial charge in [0, 0.05) is 25.3 Å². The molecular weight excluding hydrogens is 370 g/mol. The fourth-order valence-corrected chi connectivity index (χ4v) is 5.07. The van der Waals surface area contributed by atoms with Crippen molar-refractivity contribution in [3.8, 4) is 0 Å². The number of sulfonamides is 1. The third-order valence-corrected chi connectivity index (χ3v) is 7.06. The molecule has 3 rings (SSSR count). The molecule has 0 radical (unpaired) electrons. The largest absolute Gasteiger partial charge is 0.448 e. The number of amides is 1. The first-order valence-electron chi connectivity index (χ1n) is 9.58. The van der Waals surface area contributed by atoms with Crippen LogP contribution in [0.5, 0.6) is 0 Å². The van der Waals surface area contributed by atoms with Gasteiger partial charge in [-0.15, -0.1) is 0 Å². The Morgan fingerprint density at radius 3 is 2.52 bits per heavy atom. The van der Waals surface area contributed by atoms with Crippen molar-refractivity contribution in [1.82, 2.24) is 14.6 Å². The molecule has 0 spiro atoms. The molecule has 1 aliphatic heterocycles.